The quantitative estimate of drug-likeness (QED) is 0.199. The molecule has 0 radical (unpaired) electrons. The summed E-state index contributed by atoms with van der Waals surface area (Å²) >= 11 is 0. The zero-order valence-electron chi connectivity index (χ0n) is 23.9. The predicted octanol–water partition coefficient (Wildman–Crippen LogP) is 12.2. The number of benzene rings is 8. The van der Waals surface area contributed by atoms with Crippen LogP contribution in [0.4, 0.5) is 17.1 Å². The molecule has 0 aliphatic heterocycles. The Bertz CT molecular complexity index is 2490. The van der Waals surface area contributed by atoms with Crippen molar-refractivity contribution < 1.29 is 4.42 Å². The zero-order valence-corrected chi connectivity index (χ0v) is 23.9. The molecule has 0 fully saturated rings. The van der Waals surface area contributed by atoms with E-state index in [9.17, 15) is 0 Å². The Morgan fingerprint density at radius 2 is 0.977 bits per heavy atom. The van der Waals surface area contributed by atoms with Gasteiger partial charge in [0.2, 0.25) is 0 Å². The van der Waals surface area contributed by atoms with E-state index in [-0.39, 0.29) is 0 Å². The van der Waals surface area contributed by atoms with Gasteiger partial charge < -0.3 is 9.32 Å². The predicted molar refractivity (Wildman–Crippen MR) is 186 cm³/mol. The fraction of sp³-hybridized carbons (Fsp3) is 0. The summed E-state index contributed by atoms with van der Waals surface area (Å²) in [5, 5.41) is 9.91. The lowest BCUT2D eigenvalue weighted by Crippen LogP contribution is -2.09. The number of anilines is 3. The molecule has 0 saturated heterocycles. The highest BCUT2D eigenvalue weighted by molar-refractivity contribution is 6.17. The number of fused-ring (bicyclic) bond motifs is 8. The second-order valence-electron chi connectivity index (χ2n) is 11.4. The third-order valence-electron chi connectivity index (χ3n) is 8.84. The van der Waals surface area contributed by atoms with Crippen LogP contribution in [-0.2, 0) is 0 Å². The van der Waals surface area contributed by atoms with Gasteiger partial charge in [-0.3, -0.25) is 0 Å². The molecule has 2 heteroatoms. The molecule has 1 heterocycles. The van der Waals surface area contributed by atoms with Gasteiger partial charge in [-0.1, -0.05) is 121 Å². The fourth-order valence-corrected chi connectivity index (χ4v) is 6.74. The van der Waals surface area contributed by atoms with Gasteiger partial charge in [-0.15, -0.1) is 0 Å². The molecule has 0 aliphatic rings. The Balaban J connectivity index is 1.16. The molecule has 0 atom stereocenters. The second-order valence-corrected chi connectivity index (χ2v) is 11.4. The van der Waals surface area contributed by atoms with Crippen LogP contribution in [0.2, 0.25) is 0 Å². The number of furan rings is 1. The molecule has 0 N–H and O–H groups in total. The number of rotatable bonds is 4. The van der Waals surface area contributed by atoms with E-state index in [2.05, 4.69) is 157 Å². The van der Waals surface area contributed by atoms with E-state index in [1.807, 2.05) is 12.1 Å². The number of para-hydroxylation sites is 3. The molecule has 0 amide bonds. The third-order valence-corrected chi connectivity index (χ3v) is 8.84. The largest absolute Gasteiger partial charge is 0.455 e. The summed E-state index contributed by atoms with van der Waals surface area (Å²) in [6.07, 6.45) is 0. The Labute approximate surface area is 255 Å². The minimum atomic E-state index is 0.916. The molecule has 44 heavy (non-hydrogen) atoms. The van der Waals surface area contributed by atoms with Crippen LogP contribution < -0.4 is 4.90 Å². The highest BCUT2D eigenvalue weighted by atomic mass is 16.3. The van der Waals surface area contributed by atoms with Gasteiger partial charge >= 0.3 is 0 Å². The highest BCUT2D eigenvalue weighted by Crippen LogP contribution is 2.40. The molecule has 0 bridgehead atoms. The molecular formula is C42H27NO. The highest BCUT2D eigenvalue weighted by Gasteiger charge is 2.16. The maximum absolute atomic E-state index is 6.34. The molecular weight excluding hydrogens is 534 g/mol. The lowest BCUT2D eigenvalue weighted by molar-refractivity contribution is 0.670. The normalized spacial score (nSPS) is 11.6. The smallest absolute Gasteiger partial charge is 0.143 e. The Morgan fingerprint density at radius 3 is 1.82 bits per heavy atom. The summed E-state index contributed by atoms with van der Waals surface area (Å²) in [5.74, 6) is 0. The third kappa shape index (κ3) is 3.89. The Hall–Kier alpha value is -5.86. The van der Waals surface area contributed by atoms with Crippen molar-refractivity contribution >= 4 is 71.3 Å². The maximum Gasteiger partial charge on any atom is 0.143 e. The summed E-state index contributed by atoms with van der Waals surface area (Å²) in [4.78, 5) is 2.33. The van der Waals surface area contributed by atoms with Gasteiger partial charge in [0, 0.05) is 33.4 Å². The summed E-state index contributed by atoms with van der Waals surface area (Å²) < 4.78 is 6.34. The maximum atomic E-state index is 6.34. The van der Waals surface area contributed by atoms with E-state index in [1.165, 1.54) is 32.3 Å². The minimum Gasteiger partial charge on any atom is -0.455 e. The monoisotopic (exact) mass is 561 g/mol. The molecule has 206 valence electrons. The van der Waals surface area contributed by atoms with E-state index in [0.717, 1.165) is 50.1 Å². The van der Waals surface area contributed by atoms with Crippen molar-refractivity contribution in [2.45, 2.75) is 0 Å². The van der Waals surface area contributed by atoms with Crippen molar-refractivity contribution in [3.8, 4) is 11.1 Å². The second kappa shape index (κ2) is 9.86. The first-order chi connectivity index (χ1) is 21.8. The first-order valence-electron chi connectivity index (χ1n) is 15.0. The van der Waals surface area contributed by atoms with Gasteiger partial charge in [-0.05, 0) is 80.3 Å². The molecule has 0 spiro atoms. The zero-order chi connectivity index (χ0) is 29.0. The van der Waals surface area contributed by atoms with Gasteiger partial charge in [0.15, 0.2) is 0 Å². The van der Waals surface area contributed by atoms with Crippen molar-refractivity contribution in [2.24, 2.45) is 0 Å². The van der Waals surface area contributed by atoms with Crippen molar-refractivity contribution in [3.05, 3.63) is 164 Å². The van der Waals surface area contributed by atoms with Crippen molar-refractivity contribution in [2.75, 3.05) is 4.90 Å². The van der Waals surface area contributed by atoms with Gasteiger partial charge in [0.05, 0.1) is 0 Å². The number of nitrogens with zero attached hydrogens (tertiary/aromatic N) is 1. The Morgan fingerprint density at radius 1 is 0.364 bits per heavy atom. The molecule has 0 aliphatic carbocycles. The van der Waals surface area contributed by atoms with E-state index < -0.39 is 0 Å². The average molecular weight is 562 g/mol. The van der Waals surface area contributed by atoms with Gasteiger partial charge in [0.25, 0.3) is 0 Å². The van der Waals surface area contributed by atoms with Crippen molar-refractivity contribution in [3.63, 3.8) is 0 Å². The van der Waals surface area contributed by atoms with Crippen LogP contribution in [0, 0.1) is 0 Å². The molecule has 0 unspecified atom stereocenters. The van der Waals surface area contributed by atoms with Crippen molar-refractivity contribution in [1.82, 2.24) is 0 Å². The minimum absolute atomic E-state index is 0.916. The first kappa shape index (κ1) is 24.7. The summed E-state index contributed by atoms with van der Waals surface area (Å²) in [5.41, 5.74) is 7.41. The average Bonchev–Trinajstić information content (AvgIpc) is 3.48. The number of hydrogen-bond acceptors (Lipinski definition) is 2. The topological polar surface area (TPSA) is 16.4 Å². The van der Waals surface area contributed by atoms with Crippen LogP contribution >= 0.6 is 0 Å². The lowest BCUT2D eigenvalue weighted by atomic mass is 9.96. The number of hydrogen-bond donors (Lipinski definition) is 0. The van der Waals surface area contributed by atoms with E-state index in [1.54, 1.807) is 0 Å². The van der Waals surface area contributed by atoms with Gasteiger partial charge in [0.1, 0.15) is 11.2 Å². The van der Waals surface area contributed by atoms with Crippen LogP contribution in [0.25, 0.3) is 65.4 Å². The standard InChI is InChI=1S/C42H27NO/c1-2-10-31(11-3-1)43(33-23-26-35-30(27-33)20-25-37-34-12-5-4-9-28(34)19-24-38(35)37)32-21-17-29(18-22-32)36-14-8-15-40-39-13-6-7-16-41(39)44-42(36)40/h1-27H. The van der Waals surface area contributed by atoms with Gasteiger partial charge in [-0.25, -0.2) is 0 Å². The van der Waals surface area contributed by atoms with Gasteiger partial charge in [-0.2, -0.15) is 0 Å². The van der Waals surface area contributed by atoms with Crippen LogP contribution in [0.1, 0.15) is 0 Å². The van der Waals surface area contributed by atoms with Crippen molar-refractivity contribution in [1.29, 1.82) is 0 Å². The summed E-state index contributed by atoms with van der Waals surface area (Å²) in [6.45, 7) is 0. The summed E-state index contributed by atoms with van der Waals surface area (Å²) in [7, 11) is 0. The molecule has 2 nitrogen and oxygen atoms in total. The van der Waals surface area contributed by atoms with Crippen LogP contribution in [0.15, 0.2) is 168 Å². The van der Waals surface area contributed by atoms with E-state index >= 15 is 0 Å². The lowest BCUT2D eigenvalue weighted by Gasteiger charge is -2.26. The first-order valence-corrected chi connectivity index (χ1v) is 15.0. The van der Waals surface area contributed by atoms with Crippen LogP contribution in [0.3, 0.4) is 0 Å². The molecule has 0 saturated carbocycles. The Kier molecular flexibility index (Phi) is 5.54. The SMILES string of the molecule is c1ccc(N(c2ccc(-c3cccc4c3oc3ccccc34)cc2)c2ccc3c(ccc4c5ccccc5ccc34)c2)cc1. The van der Waals surface area contributed by atoms with Crippen LogP contribution in [-0.4, -0.2) is 0 Å². The molecule has 8 aromatic carbocycles. The fourth-order valence-electron chi connectivity index (χ4n) is 6.74. The van der Waals surface area contributed by atoms with E-state index in [0.29, 0.717) is 0 Å². The van der Waals surface area contributed by atoms with E-state index in [4.69, 9.17) is 4.42 Å². The molecule has 9 aromatic rings. The molecule has 1 aromatic heterocycles. The molecule has 9 rings (SSSR count). The van der Waals surface area contributed by atoms with Crippen LogP contribution in [0.5, 0.6) is 0 Å². The summed E-state index contributed by atoms with van der Waals surface area (Å²) in [6, 6.07) is 58.5.